The molecule has 4 aromatic carbocycles. The minimum atomic E-state index is 0. The van der Waals surface area contributed by atoms with E-state index >= 15 is 0 Å². The number of rotatable bonds is 14. The average Bonchev–Trinajstić information content (AvgIpc) is 3.84. The molecule has 1 aliphatic rings. The third kappa shape index (κ3) is 16.5. The first-order chi connectivity index (χ1) is 30.6. The molecule has 1 fully saturated rings. The van der Waals surface area contributed by atoms with Gasteiger partial charge in [0, 0.05) is 85.4 Å². The van der Waals surface area contributed by atoms with Gasteiger partial charge in [-0.25, -0.2) is 20.0 Å². The molecule has 0 amide bonds. The van der Waals surface area contributed by atoms with Gasteiger partial charge in [-0.2, -0.15) is 0 Å². The predicted molar refractivity (Wildman–Crippen MR) is 290 cm³/mol. The van der Waals surface area contributed by atoms with Gasteiger partial charge in [0.2, 0.25) is 45.6 Å². The van der Waals surface area contributed by atoms with E-state index in [4.69, 9.17) is 4.74 Å². The fourth-order valence-corrected chi connectivity index (χ4v) is 8.42. The van der Waals surface area contributed by atoms with E-state index in [1.54, 1.807) is 0 Å². The van der Waals surface area contributed by atoms with Crippen LogP contribution in [0, 0.1) is 0 Å². The van der Waals surface area contributed by atoms with Gasteiger partial charge in [0.15, 0.2) is 0 Å². The summed E-state index contributed by atoms with van der Waals surface area (Å²) in [6.45, 7) is 47.0. The molecule has 0 bridgehead atoms. The van der Waals surface area contributed by atoms with Crippen molar-refractivity contribution in [2.75, 3.05) is 13.2 Å². The number of hydrogen-bond donors (Lipinski definition) is 4. The molecule has 1 aliphatic heterocycles. The molecular formula is C60H92MgN4O+6. The van der Waals surface area contributed by atoms with Gasteiger partial charge in [-0.3, -0.25) is 0 Å². The fraction of sp³-hybridized carbons (Fsp3) is 0.533. The molecule has 5 rings (SSSR count). The number of benzene rings is 4. The van der Waals surface area contributed by atoms with Crippen molar-refractivity contribution in [1.82, 2.24) is 0 Å². The van der Waals surface area contributed by atoms with E-state index in [1.807, 2.05) is 0 Å². The monoisotopic (exact) mass is 909 g/mol. The second kappa shape index (κ2) is 27.9. The summed E-state index contributed by atoms with van der Waals surface area (Å²) in [4.78, 5) is 15.1. The summed E-state index contributed by atoms with van der Waals surface area (Å²) in [6, 6.07) is 26.8. The molecule has 1 saturated heterocycles. The molecule has 0 atom stereocenters. The SMILES string of the molecule is C1CCOC1.CC(=[NH+]c1c(C(C)C)cccc1C(C)C)C(C)=[NH+]c1c(C(C)C)cccc1C(C)C.CC(=[NH+]c1c(C(C)C)cccc1C(C)C)C(C)=[NH+]c1c(C(C)C)cccc1C(C)C.[Mg+2]. The Bertz CT molecular complexity index is 1840. The molecule has 4 N–H and O–H groups in total. The standard InChI is InChI=1S/2C28H40N2.C4H8O.Mg/c2*1-17(2)23-13-11-14-24(18(3)4)27(23)29-21(9)22(10)30-28-25(19(5)6)15-12-16-26(28)20(7)8;1-2-4-5-3-1;/h2*11-20H,1-10H3;1-4H2;/q;;;+2/p+4. The van der Waals surface area contributed by atoms with E-state index < -0.39 is 0 Å². The van der Waals surface area contributed by atoms with E-state index in [1.165, 1.54) is 103 Å². The van der Waals surface area contributed by atoms with Crippen LogP contribution in [0.1, 0.15) is 243 Å². The first kappa shape index (κ1) is 58.4. The molecule has 0 aliphatic carbocycles. The largest absolute Gasteiger partial charge is 2.00 e. The molecule has 1 heterocycles. The number of hydrogen-bond acceptors (Lipinski definition) is 1. The average molecular weight is 910 g/mol. The van der Waals surface area contributed by atoms with Crippen LogP contribution in [0.25, 0.3) is 0 Å². The second-order valence-corrected chi connectivity index (χ2v) is 20.8. The van der Waals surface area contributed by atoms with Gasteiger partial charge in [0.05, 0.1) is 0 Å². The van der Waals surface area contributed by atoms with Gasteiger partial charge in [-0.05, 0) is 60.2 Å². The van der Waals surface area contributed by atoms with E-state index in [2.05, 4.69) is 231 Å². The topological polar surface area (TPSA) is 65.1 Å². The Balaban J connectivity index is 0.000000403. The summed E-state index contributed by atoms with van der Waals surface area (Å²) >= 11 is 0. The van der Waals surface area contributed by atoms with Crippen LogP contribution in [0.4, 0.5) is 22.7 Å². The first-order valence-corrected chi connectivity index (χ1v) is 25.1. The molecule has 6 heteroatoms. The molecule has 0 unspecified atom stereocenters. The Morgan fingerprint density at radius 1 is 0.318 bits per heavy atom. The quantitative estimate of drug-likeness (QED) is 0.0739. The summed E-state index contributed by atoms with van der Waals surface area (Å²) in [7, 11) is 0. The van der Waals surface area contributed by atoms with Crippen LogP contribution >= 0.6 is 0 Å². The first-order valence-electron chi connectivity index (χ1n) is 25.1. The summed E-state index contributed by atoms with van der Waals surface area (Å²) in [5.41, 5.74) is 20.7. The summed E-state index contributed by atoms with van der Waals surface area (Å²) < 4.78 is 4.94. The van der Waals surface area contributed by atoms with Crippen molar-refractivity contribution < 1.29 is 24.7 Å². The molecule has 0 radical (unpaired) electrons. The molecule has 0 saturated carbocycles. The summed E-state index contributed by atoms with van der Waals surface area (Å²) in [5, 5.41) is 0. The Morgan fingerprint density at radius 2 is 0.470 bits per heavy atom. The molecular weight excluding hydrogens is 817 g/mol. The Morgan fingerprint density at radius 3 is 0.576 bits per heavy atom. The van der Waals surface area contributed by atoms with Crippen LogP contribution in [0.15, 0.2) is 72.8 Å². The van der Waals surface area contributed by atoms with Crippen molar-refractivity contribution in [3.05, 3.63) is 117 Å². The van der Waals surface area contributed by atoms with Crippen LogP contribution in [0.5, 0.6) is 0 Å². The molecule has 354 valence electrons. The third-order valence-electron chi connectivity index (χ3n) is 12.7. The molecule has 0 spiro atoms. The zero-order chi connectivity index (χ0) is 48.7. The van der Waals surface area contributed by atoms with E-state index in [0.29, 0.717) is 47.3 Å². The van der Waals surface area contributed by atoms with Crippen LogP contribution in [-0.2, 0) is 4.74 Å². The van der Waals surface area contributed by atoms with Crippen molar-refractivity contribution in [3.8, 4) is 0 Å². The van der Waals surface area contributed by atoms with E-state index in [9.17, 15) is 0 Å². The van der Waals surface area contributed by atoms with Gasteiger partial charge >= 0.3 is 23.1 Å². The van der Waals surface area contributed by atoms with Crippen molar-refractivity contribution >= 4 is 68.6 Å². The van der Waals surface area contributed by atoms with Crippen molar-refractivity contribution in [3.63, 3.8) is 0 Å². The van der Waals surface area contributed by atoms with Gasteiger partial charge < -0.3 is 4.74 Å². The summed E-state index contributed by atoms with van der Waals surface area (Å²) in [5.74, 6) is 3.79. The number of para-hydroxylation sites is 4. The van der Waals surface area contributed by atoms with Crippen molar-refractivity contribution in [2.45, 2.75) is 199 Å². The maximum atomic E-state index is 4.94. The van der Waals surface area contributed by atoms with Crippen LogP contribution in [0.3, 0.4) is 0 Å². The van der Waals surface area contributed by atoms with Crippen LogP contribution in [-0.4, -0.2) is 59.1 Å². The fourth-order valence-electron chi connectivity index (χ4n) is 8.42. The van der Waals surface area contributed by atoms with E-state index in [0.717, 1.165) is 13.2 Å². The predicted octanol–water partition coefficient (Wildman–Crippen LogP) is 10.9. The molecule has 66 heavy (non-hydrogen) atoms. The zero-order valence-electron chi connectivity index (χ0n) is 45.5. The summed E-state index contributed by atoms with van der Waals surface area (Å²) in [6.07, 6.45) is 2.56. The van der Waals surface area contributed by atoms with E-state index in [-0.39, 0.29) is 23.1 Å². The Labute approximate surface area is 420 Å². The Kier molecular flexibility index (Phi) is 24.7. The van der Waals surface area contributed by atoms with Crippen LogP contribution in [0.2, 0.25) is 0 Å². The minimum absolute atomic E-state index is 0. The Hall–Kier alpha value is -3.71. The number of nitrogens with one attached hydrogen (secondary N) is 4. The molecule has 0 aromatic heterocycles. The van der Waals surface area contributed by atoms with Gasteiger partial charge in [0.1, 0.15) is 0 Å². The second-order valence-electron chi connectivity index (χ2n) is 20.8. The third-order valence-corrected chi connectivity index (χ3v) is 12.7. The zero-order valence-corrected chi connectivity index (χ0v) is 46.9. The van der Waals surface area contributed by atoms with Gasteiger partial charge in [-0.15, -0.1) is 0 Å². The van der Waals surface area contributed by atoms with Gasteiger partial charge in [0.25, 0.3) is 0 Å². The maximum Gasteiger partial charge on any atom is 2.00 e. The minimum Gasteiger partial charge on any atom is -0.381 e. The van der Waals surface area contributed by atoms with Crippen LogP contribution < -0.4 is 20.0 Å². The molecule has 5 nitrogen and oxygen atoms in total. The van der Waals surface area contributed by atoms with Crippen molar-refractivity contribution in [2.24, 2.45) is 0 Å². The molecule has 4 aromatic rings. The maximum absolute atomic E-state index is 4.94. The van der Waals surface area contributed by atoms with Gasteiger partial charge in [-0.1, -0.05) is 184 Å². The number of ether oxygens (including phenoxy) is 1. The van der Waals surface area contributed by atoms with Crippen molar-refractivity contribution in [1.29, 1.82) is 0 Å². The normalized spacial score (nSPS) is 13.9. The smallest absolute Gasteiger partial charge is 0.381 e.